The lowest BCUT2D eigenvalue weighted by Gasteiger charge is -2.09. The fraction of sp³-hybridized carbons (Fsp3) is 0.316. The van der Waals surface area contributed by atoms with Gasteiger partial charge in [-0.1, -0.05) is 34.8 Å². The Hall–Kier alpha value is -1.64. The van der Waals surface area contributed by atoms with Crippen LogP contribution in [0.15, 0.2) is 51.3 Å². The maximum Gasteiger partial charge on any atom is 0.265 e. The minimum absolute atomic E-state index is 0.234. The second-order valence-corrected chi connectivity index (χ2v) is 10.3. The molecule has 5 nitrogen and oxygen atoms in total. The van der Waals surface area contributed by atoms with Gasteiger partial charge in [0.2, 0.25) is 0 Å². The predicted molar refractivity (Wildman–Crippen MR) is 113 cm³/mol. The lowest BCUT2D eigenvalue weighted by Crippen LogP contribution is -2.13. The highest BCUT2D eigenvalue weighted by Crippen LogP contribution is 2.35. The molecule has 1 N–H and O–H groups in total. The van der Waals surface area contributed by atoms with Crippen molar-refractivity contribution in [3.05, 3.63) is 51.9 Å². The van der Waals surface area contributed by atoms with Crippen molar-refractivity contribution in [3.63, 3.8) is 0 Å². The Morgan fingerprint density at radius 3 is 2.70 bits per heavy atom. The Labute approximate surface area is 171 Å². The number of rotatable bonds is 5. The van der Waals surface area contributed by atoms with E-state index in [0.717, 1.165) is 40.6 Å². The van der Waals surface area contributed by atoms with Crippen molar-refractivity contribution in [3.8, 4) is 10.6 Å². The summed E-state index contributed by atoms with van der Waals surface area (Å²) in [7, 11) is -3.75. The fourth-order valence-electron chi connectivity index (χ4n) is 3.43. The summed E-state index contributed by atoms with van der Waals surface area (Å²) in [5.41, 5.74) is 2.04. The van der Waals surface area contributed by atoms with Gasteiger partial charge in [-0.05, 0) is 55.0 Å². The van der Waals surface area contributed by atoms with Gasteiger partial charge in [-0.3, -0.25) is 9.40 Å². The molecule has 8 heteroatoms. The standard InChI is InChI=1S/C19H20BrN3O2S2/c1-13-11-14(8-9-16(13)20)22-27(24,25)18-12-23(15-5-2-3-6-15)21-19(18)17-7-4-10-26-17/h4,7-12,15,22H,2-3,5-6H2,1H3. The molecule has 2 heterocycles. The van der Waals surface area contributed by atoms with Crippen LogP contribution in [0.4, 0.5) is 5.69 Å². The molecule has 4 rings (SSSR count). The molecule has 27 heavy (non-hydrogen) atoms. The quantitative estimate of drug-likeness (QED) is 0.533. The first-order valence-electron chi connectivity index (χ1n) is 8.86. The molecular formula is C19H20BrN3O2S2. The second kappa shape index (κ2) is 7.41. The van der Waals surface area contributed by atoms with Crippen molar-refractivity contribution in [1.82, 2.24) is 9.78 Å². The average Bonchev–Trinajstić information content (AvgIpc) is 3.38. The zero-order valence-corrected chi connectivity index (χ0v) is 18.1. The Bertz CT molecular complexity index is 1050. The summed E-state index contributed by atoms with van der Waals surface area (Å²) in [6, 6.07) is 9.51. The van der Waals surface area contributed by atoms with Crippen molar-refractivity contribution < 1.29 is 8.42 Å². The van der Waals surface area contributed by atoms with Crippen LogP contribution in [0.5, 0.6) is 0 Å². The van der Waals surface area contributed by atoms with E-state index in [4.69, 9.17) is 0 Å². The van der Waals surface area contributed by atoms with E-state index in [1.807, 2.05) is 41.3 Å². The zero-order valence-electron chi connectivity index (χ0n) is 14.9. The minimum atomic E-state index is -3.75. The topological polar surface area (TPSA) is 64.0 Å². The third kappa shape index (κ3) is 3.83. The third-order valence-electron chi connectivity index (χ3n) is 4.85. The highest BCUT2D eigenvalue weighted by atomic mass is 79.9. The lowest BCUT2D eigenvalue weighted by molar-refractivity contribution is 0.467. The fourth-order valence-corrected chi connectivity index (χ4v) is 5.66. The number of sulfonamides is 1. The van der Waals surface area contributed by atoms with Crippen LogP contribution < -0.4 is 4.72 Å². The van der Waals surface area contributed by atoms with Gasteiger partial charge < -0.3 is 0 Å². The van der Waals surface area contributed by atoms with E-state index in [1.54, 1.807) is 12.3 Å². The monoisotopic (exact) mass is 465 g/mol. The number of halogens is 1. The summed E-state index contributed by atoms with van der Waals surface area (Å²) < 4.78 is 31.8. The smallest absolute Gasteiger partial charge is 0.265 e. The summed E-state index contributed by atoms with van der Waals surface area (Å²) in [4.78, 5) is 1.09. The van der Waals surface area contributed by atoms with Gasteiger partial charge >= 0.3 is 0 Å². The lowest BCUT2D eigenvalue weighted by atomic mass is 10.2. The van der Waals surface area contributed by atoms with Crippen LogP contribution in [0.25, 0.3) is 10.6 Å². The number of aryl methyl sites for hydroxylation is 1. The molecule has 0 aliphatic heterocycles. The normalized spacial score (nSPS) is 15.3. The minimum Gasteiger partial charge on any atom is -0.280 e. The number of nitrogens with one attached hydrogen (secondary N) is 1. The molecule has 1 aliphatic rings. The van der Waals surface area contributed by atoms with Crippen LogP contribution in [0.2, 0.25) is 0 Å². The van der Waals surface area contributed by atoms with Crippen LogP contribution in [0.1, 0.15) is 37.3 Å². The molecule has 0 atom stereocenters. The van der Waals surface area contributed by atoms with E-state index in [0.29, 0.717) is 11.4 Å². The molecule has 142 valence electrons. The molecular weight excluding hydrogens is 446 g/mol. The number of thiophene rings is 1. The van der Waals surface area contributed by atoms with Crippen molar-refractivity contribution in [1.29, 1.82) is 0 Å². The molecule has 1 saturated carbocycles. The van der Waals surface area contributed by atoms with Crippen LogP contribution in [-0.4, -0.2) is 18.2 Å². The molecule has 1 aliphatic carbocycles. The van der Waals surface area contributed by atoms with E-state index >= 15 is 0 Å². The molecule has 1 aromatic carbocycles. The first kappa shape index (κ1) is 18.7. The van der Waals surface area contributed by atoms with Gasteiger partial charge in [0, 0.05) is 16.4 Å². The molecule has 0 bridgehead atoms. The second-order valence-electron chi connectivity index (χ2n) is 6.81. The van der Waals surface area contributed by atoms with E-state index in [-0.39, 0.29) is 10.9 Å². The van der Waals surface area contributed by atoms with E-state index in [2.05, 4.69) is 25.8 Å². The van der Waals surface area contributed by atoms with Gasteiger partial charge in [0.1, 0.15) is 10.6 Å². The number of anilines is 1. The van der Waals surface area contributed by atoms with Crippen LogP contribution in [-0.2, 0) is 10.0 Å². The number of hydrogen-bond donors (Lipinski definition) is 1. The Morgan fingerprint density at radius 1 is 1.26 bits per heavy atom. The number of nitrogens with zero attached hydrogens (tertiary/aromatic N) is 2. The first-order valence-corrected chi connectivity index (χ1v) is 12.0. The Balaban J connectivity index is 1.75. The summed E-state index contributed by atoms with van der Waals surface area (Å²) >= 11 is 4.94. The number of hydrogen-bond acceptors (Lipinski definition) is 4. The number of aromatic nitrogens is 2. The van der Waals surface area contributed by atoms with Crippen molar-refractivity contribution >= 4 is 43.0 Å². The van der Waals surface area contributed by atoms with Gasteiger partial charge in [-0.25, -0.2) is 8.42 Å². The largest absolute Gasteiger partial charge is 0.280 e. The van der Waals surface area contributed by atoms with Gasteiger partial charge in [0.25, 0.3) is 10.0 Å². The molecule has 0 saturated heterocycles. The first-order chi connectivity index (χ1) is 12.9. The van der Waals surface area contributed by atoms with Crippen molar-refractivity contribution in [2.24, 2.45) is 0 Å². The summed E-state index contributed by atoms with van der Waals surface area (Å²) in [5, 5.41) is 6.61. The van der Waals surface area contributed by atoms with Gasteiger partial charge in [0.15, 0.2) is 0 Å². The highest BCUT2D eigenvalue weighted by Gasteiger charge is 2.27. The van der Waals surface area contributed by atoms with Crippen molar-refractivity contribution in [2.45, 2.75) is 43.5 Å². The van der Waals surface area contributed by atoms with E-state index in [1.165, 1.54) is 11.3 Å². The summed E-state index contributed by atoms with van der Waals surface area (Å²) in [6.07, 6.45) is 6.11. The summed E-state index contributed by atoms with van der Waals surface area (Å²) in [6.45, 7) is 1.93. The average molecular weight is 466 g/mol. The van der Waals surface area contributed by atoms with Crippen LogP contribution >= 0.6 is 27.3 Å². The Kier molecular flexibility index (Phi) is 5.13. The Morgan fingerprint density at radius 2 is 2.04 bits per heavy atom. The maximum absolute atomic E-state index is 13.2. The number of benzene rings is 1. The predicted octanol–water partition coefficient (Wildman–Crippen LogP) is 5.60. The van der Waals surface area contributed by atoms with Gasteiger partial charge in [0.05, 0.1) is 10.9 Å². The summed E-state index contributed by atoms with van der Waals surface area (Å²) in [5.74, 6) is 0. The molecule has 1 fully saturated rings. The molecule has 0 spiro atoms. The molecule has 0 amide bonds. The van der Waals surface area contributed by atoms with Crippen molar-refractivity contribution in [2.75, 3.05) is 4.72 Å². The SMILES string of the molecule is Cc1cc(NS(=O)(=O)c2cn(C3CCCC3)nc2-c2cccs2)ccc1Br. The van der Waals surface area contributed by atoms with E-state index in [9.17, 15) is 8.42 Å². The van der Waals surface area contributed by atoms with Crippen LogP contribution in [0.3, 0.4) is 0 Å². The zero-order chi connectivity index (χ0) is 19.0. The molecule has 2 aromatic heterocycles. The highest BCUT2D eigenvalue weighted by molar-refractivity contribution is 9.10. The van der Waals surface area contributed by atoms with E-state index < -0.39 is 10.0 Å². The maximum atomic E-state index is 13.2. The molecule has 0 unspecified atom stereocenters. The third-order valence-corrected chi connectivity index (χ3v) is 8.00. The van der Waals surface area contributed by atoms with Gasteiger partial charge in [-0.2, -0.15) is 5.10 Å². The molecule has 0 radical (unpaired) electrons. The molecule has 3 aromatic rings. The van der Waals surface area contributed by atoms with Crippen LogP contribution in [0, 0.1) is 6.92 Å². The van der Waals surface area contributed by atoms with Gasteiger partial charge in [-0.15, -0.1) is 11.3 Å².